The van der Waals surface area contributed by atoms with E-state index in [1.54, 1.807) is 18.2 Å². The van der Waals surface area contributed by atoms with Gasteiger partial charge in [-0.2, -0.15) is 0 Å². The first-order valence-electron chi connectivity index (χ1n) is 7.00. The van der Waals surface area contributed by atoms with Crippen molar-refractivity contribution in [2.45, 2.75) is 6.92 Å². The summed E-state index contributed by atoms with van der Waals surface area (Å²) in [4.78, 5) is 23.4. The zero-order valence-corrected chi connectivity index (χ0v) is 14.2. The zero-order valence-electron chi connectivity index (χ0n) is 12.6. The molecule has 0 aliphatic rings. The first-order chi connectivity index (χ1) is 11.0. The van der Waals surface area contributed by atoms with Crippen molar-refractivity contribution in [3.63, 3.8) is 0 Å². The highest BCUT2D eigenvalue weighted by molar-refractivity contribution is 9.10. The molecule has 1 amide bonds. The number of carbonyl (C=O) groups excluding carboxylic acids is 2. The van der Waals surface area contributed by atoms with E-state index in [9.17, 15) is 9.59 Å². The van der Waals surface area contributed by atoms with Crippen molar-refractivity contribution in [1.82, 2.24) is 0 Å². The smallest absolute Gasteiger partial charge is 0.331 e. The average Bonchev–Trinajstić information content (AvgIpc) is 2.54. The molecule has 0 aliphatic carbocycles. The van der Waals surface area contributed by atoms with Crippen LogP contribution >= 0.6 is 15.9 Å². The molecule has 0 bridgehead atoms. The van der Waals surface area contributed by atoms with Crippen molar-refractivity contribution in [2.24, 2.45) is 0 Å². The molecule has 1 N–H and O–H groups in total. The number of hydrogen-bond donors (Lipinski definition) is 1. The summed E-state index contributed by atoms with van der Waals surface area (Å²) in [5, 5.41) is 2.66. The first kappa shape index (κ1) is 17.0. The van der Waals surface area contributed by atoms with Crippen LogP contribution in [0.25, 0.3) is 6.08 Å². The standard InChI is InChI=1S/C18H16BrNO3/c1-13-6-8-14(9-7-13)10-11-18(22)23-12-17(21)20-16-5-3-2-4-15(16)19/h2-11H,12H2,1H3,(H,20,21)/b11-10+. The molecule has 23 heavy (non-hydrogen) atoms. The Hall–Kier alpha value is -2.40. The van der Waals surface area contributed by atoms with Gasteiger partial charge in [-0.05, 0) is 46.6 Å². The summed E-state index contributed by atoms with van der Waals surface area (Å²) < 4.78 is 5.67. The molecule has 118 valence electrons. The highest BCUT2D eigenvalue weighted by atomic mass is 79.9. The third-order valence-corrected chi connectivity index (χ3v) is 3.67. The summed E-state index contributed by atoms with van der Waals surface area (Å²) in [6.45, 7) is 1.66. The van der Waals surface area contributed by atoms with Crippen molar-refractivity contribution in [3.8, 4) is 0 Å². The lowest BCUT2D eigenvalue weighted by Gasteiger charge is -2.06. The number of esters is 1. The molecule has 0 saturated heterocycles. The number of nitrogens with one attached hydrogen (secondary N) is 1. The van der Waals surface area contributed by atoms with Crippen LogP contribution in [-0.2, 0) is 14.3 Å². The molecule has 0 spiro atoms. The number of amides is 1. The predicted molar refractivity (Wildman–Crippen MR) is 93.9 cm³/mol. The number of carbonyl (C=O) groups is 2. The largest absolute Gasteiger partial charge is 0.452 e. The van der Waals surface area contributed by atoms with Crippen LogP contribution in [0, 0.1) is 6.92 Å². The van der Waals surface area contributed by atoms with E-state index in [-0.39, 0.29) is 6.61 Å². The van der Waals surface area contributed by atoms with E-state index in [2.05, 4.69) is 21.2 Å². The third kappa shape index (κ3) is 5.71. The van der Waals surface area contributed by atoms with Crippen molar-refractivity contribution in [1.29, 1.82) is 0 Å². The Morgan fingerprint density at radius 3 is 2.52 bits per heavy atom. The molecule has 0 heterocycles. The maximum absolute atomic E-state index is 11.7. The van der Waals surface area contributed by atoms with Crippen molar-refractivity contribution >= 4 is 39.6 Å². The summed E-state index contributed by atoms with van der Waals surface area (Å²) in [7, 11) is 0. The fourth-order valence-electron chi connectivity index (χ4n) is 1.78. The van der Waals surface area contributed by atoms with Gasteiger partial charge in [-0.15, -0.1) is 0 Å². The van der Waals surface area contributed by atoms with E-state index >= 15 is 0 Å². The van der Waals surface area contributed by atoms with Crippen molar-refractivity contribution in [3.05, 3.63) is 70.2 Å². The Labute approximate surface area is 143 Å². The van der Waals surface area contributed by atoms with Crippen LogP contribution in [0.3, 0.4) is 0 Å². The van der Waals surface area contributed by atoms with E-state index in [0.717, 1.165) is 15.6 Å². The van der Waals surface area contributed by atoms with Gasteiger partial charge in [-0.3, -0.25) is 4.79 Å². The fourth-order valence-corrected chi connectivity index (χ4v) is 2.16. The van der Waals surface area contributed by atoms with Crippen LogP contribution in [0.1, 0.15) is 11.1 Å². The molecule has 5 heteroatoms. The van der Waals surface area contributed by atoms with Crippen molar-refractivity contribution in [2.75, 3.05) is 11.9 Å². The van der Waals surface area contributed by atoms with Crippen LogP contribution in [-0.4, -0.2) is 18.5 Å². The predicted octanol–water partition coefficient (Wildman–Crippen LogP) is 3.95. The Bertz CT molecular complexity index is 723. The Morgan fingerprint density at radius 2 is 1.83 bits per heavy atom. The zero-order chi connectivity index (χ0) is 16.7. The lowest BCUT2D eigenvalue weighted by Crippen LogP contribution is -2.20. The van der Waals surface area contributed by atoms with Gasteiger partial charge < -0.3 is 10.1 Å². The summed E-state index contributed by atoms with van der Waals surface area (Å²) in [6, 6.07) is 14.9. The molecular formula is C18H16BrNO3. The van der Waals surface area contributed by atoms with E-state index < -0.39 is 11.9 Å². The normalized spacial score (nSPS) is 10.5. The third-order valence-electron chi connectivity index (χ3n) is 2.98. The van der Waals surface area contributed by atoms with Crippen LogP contribution in [0.2, 0.25) is 0 Å². The average molecular weight is 374 g/mol. The van der Waals surface area contributed by atoms with E-state index in [1.807, 2.05) is 43.3 Å². The second-order valence-electron chi connectivity index (χ2n) is 4.88. The van der Waals surface area contributed by atoms with Gasteiger partial charge in [0, 0.05) is 10.5 Å². The van der Waals surface area contributed by atoms with Gasteiger partial charge in [0.25, 0.3) is 5.91 Å². The summed E-state index contributed by atoms with van der Waals surface area (Å²) in [6.07, 6.45) is 2.95. The molecule has 0 saturated carbocycles. The van der Waals surface area contributed by atoms with Crippen LogP contribution in [0.4, 0.5) is 5.69 Å². The maximum atomic E-state index is 11.7. The van der Waals surface area contributed by atoms with Gasteiger partial charge >= 0.3 is 5.97 Å². The topological polar surface area (TPSA) is 55.4 Å². The highest BCUT2D eigenvalue weighted by Crippen LogP contribution is 2.20. The van der Waals surface area contributed by atoms with Gasteiger partial charge in [0.05, 0.1) is 5.69 Å². The van der Waals surface area contributed by atoms with E-state index in [1.165, 1.54) is 6.08 Å². The quantitative estimate of drug-likeness (QED) is 0.637. The molecule has 0 aromatic heterocycles. The second-order valence-corrected chi connectivity index (χ2v) is 5.73. The monoisotopic (exact) mass is 373 g/mol. The van der Waals surface area contributed by atoms with Gasteiger partial charge in [0.1, 0.15) is 0 Å². The highest BCUT2D eigenvalue weighted by Gasteiger charge is 2.07. The number of aryl methyl sites for hydroxylation is 1. The van der Waals surface area contributed by atoms with Gasteiger partial charge in [-0.25, -0.2) is 4.79 Å². The molecule has 0 aliphatic heterocycles. The summed E-state index contributed by atoms with van der Waals surface area (Å²) >= 11 is 3.33. The summed E-state index contributed by atoms with van der Waals surface area (Å²) in [5.74, 6) is -0.957. The Morgan fingerprint density at radius 1 is 1.13 bits per heavy atom. The van der Waals surface area contributed by atoms with Crippen LogP contribution < -0.4 is 5.32 Å². The summed E-state index contributed by atoms with van der Waals surface area (Å²) in [5.41, 5.74) is 2.67. The molecule has 0 atom stereocenters. The lowest BCUT2D eigenvalue weighted by atomic mass is 10.1. The molecule has 2 aromatic rings. The number of hydrogen-bond acceptors (Lipinski definition) is 3. The van der Waals surface area contributed by atoms with Gasteiger partial charge in [0.15, 0.2) is 6.61 Å². The Balaban J connectivity index is 1.81. The number of halogens is 1. The van der Waals surface area contributed by atoms with Crippen LogP contribution in [0.5, 0.6) is 0 Å². The molecule has 0 fully saturated rings. The number of rotatable bonds is 5. The SMILES string of the molecule is Cc1ccc(/C=C/C(=O)OCC(=O)Nc2ccccc2Br)cc1. The number of para-hydroxylation sites is 1. The van der Waals surface area contributed by atoms with E-state index in [0.29, 0.717) is 5.69 Å². The number of anilines is 1. The van der Waals surface area contributed by atoms with Crippen molar-refractivity contribution < 1.29 is 14.3 Å². The molecule has 4 nitrogen and oxygen atoms in total. The minimum Gasteiger partial charge on any atom is -0.452 e. The first-order valence-corrected chi connectivity index (χ1v) is 7.80. The molecular weight excluding hydrogens is 358 g/mol. The minimum absolute atomic E-state index is 0.335. The van der Waals surface area contributed by atoms with Gasteiger partial charge in [0.2, 0.25) is 0 Å². The lowest BCUT2D eigenvalue weighted by molar-refractivity contribution is -0.142. The molecule has 0 radical (unpaired) electrons. The van der Waals surface area contributed by atoms with Gasteiger partial charge in [-0.1, -0.05) is 42.0 Å². The molecule has 0 unspecified atom stereocenters. The number of benzene rings is 2. The molecule has 2 aromatic carbocycles. The fraction of sp³-hybridized carbons (Fsp3) is 0.111. The number of ether oxygens (including phenoxy) is 1. The van der Waals surface area contributed by atoms with E-state index in [4.69, 9.17) is 4.74 Å². The Kier molecular flexibility index (Phi) is 6.11. The molecule has 2 rings (SSSR count). The van der Waals surface area contributed by atoms with Crippen LogP contribution in [0.15, 0.2) is 59.1 Å². The maximum Gasteiger partial charge on any atom is 0.331 e. The minimum atomic E-state index is -0.562. The second kappa shape index (κ2) is 8.29.